The van der Waals surface area contributed by atoms with Gasteiger partial charge in [-0.05, 0) is 39.4 Å². The number of hydrogen-bond acceptors (Lipinski definition) is 3. The van der Waals surface area contributed by atoms with Crippen LogP contribution in [0.25, 0.3) is 21.9 Å². The highest BCUT2D eigenvalue weighted by Gasteiger charge is 2.24. The first-order valence-corrected chi connectivity index (χ1v) is 11.3. The lowest BCUT2D eigenvalue weighted by atomic mass is 9.98. The quantitative estimate of drug-likeness (QED) is 0.407. The van der Waals surface area contributed by atoms with Crippen LogP contribution in [0.5, 0.6) is 0 Å². The van der Waals surface area contributed by atoms with E-state index in [1.54, 1.807) is 0 Å². The summed E-state index contributed by atoms with van der Waals surface area (Å²) in [6.07, 6.45) is -0.0817. The van der Waals surface area contributed by atoms with Gasteiger partial charge in [0.15, 0.2) is 0 Å². The van der Waals surface area contributed by atoms with Crippen molar-refractivity contribution in [2.75, 3.05) is 13.1 Å². The molecule has 3 aromatic rings. The molecule has 7 heteroatoms. The van der Waals surface area contributed by atoms with Crippen LogP contribution in [-0.4, -0.2) is 52.2 Å². The SMILES string of the molecule is CC(C)CN(CCC(=O)O)C(=O)N[C@@H](Cc1ccc(-c2ccc3ccccc3c2)cc1)C(=O)O. The smallest absolute Gasteiger partial charge is 0.326 e. The van der Waals surface area contributed by atoms with Crippen LogP contribution in [0, 0.1) is 5.92 Å². The fourth-order valence-corrected chi connectivity index (χ4v) is 3.83. The number of amides is 2. The molecule has 0 fully saturated rings. The highest BCUT2D eigenvalue weighted by atomic mass is 16.4. The van der Waals surface area contributed by atoms with E-state index in [1.165, 1.54) is 4.90 Å². The second-order valence-corrected chi connectivity index (χ2v) is 8.79. The van der Waals surface area contributed by atoms with Crippen molar-refractivity contribution in [1.82, 2.24) is 10.2 Å². The van der Waals surface area contributed by atoms with Gasteiger partial charge in [0.05, 0.1) is 6.42 Å². The molecule has 178 valence electrons. The number of carboxylic acid groups (broad SMARTS) is 2. The maximum absolute atomic E-state index is 12.7. The number of carboxylic acids is 2. The average molecular weight is 463 g/mol. The Labute approximate surface area is 199 Å². The van der Waals surface area contributed by atoms with Gasteiger partial charge in [-0.3, -0.25) is 4.79 Å². The number of hydrogen-bond donors (Lipinski definition) is 3. The van der Waals surface area contributed by atoms with Crippen LogP contribution >= 0.6 is 0 Å². The Balaban J connectivity index is 1.70. The Kier molecular flexibility index (Phi) is 8.24. The summed E-state index contributed by atoms with van der Waals surface area (Å²) in [5.41, 5.74) is 2.86. The minimum atomic E-state index is -1.14. The van der Waals surface area contributed by atoms with E-state index in [9.17, 15) is 19.5 Å². The predicted molar refractivity (Wildman–Crippen MR) is 132 cm³/mol. The van der Waals surface area contributed by atoms with Crippen molar-refractivity contribution in [3.8, 4) is 11.1 Å². The summed E-state index contributed by atoms with van der Waals surface area (Å²) in [5, 5.41) is 23.5. The van der Waals surface area contributed by atoms with E-state index in [2.05, 4.69) is 35.6 Å². The molecule has 0 heterocycles. The van der Waals surface area contributed by atoms with Crippen LogP contribution in [0.2, 0.25) is 0 Å². The molecule has 1 atom stereocenters. The summed E-state index contributed by atoms with van der Waals surface area (Å²) >= 11 is 0. The lowest BCUT2D eigenvalue weighted by molar-refractivity contribution is -0.139. The van der Waals surface area contributed by atoms with Gasteiger partial charge in [-0.2, -0.15) is 0 Å². The van der Waals surface area contributed by atoms with E-state index in [1.807, 2.05) is 50.2 Å². The van der Waals surface area contributed by atoms with Crippen molar-refractivity contribution in [3.63, 3.8) is 0 Å². The third-order valence-electron chi connectivity index (χ3n) is 5.54. The summed E-state index contributed by atoms with van der Waals surface area (Å²) in [4.78, 5) is 36.8. The molecule has 0 aromatic heterocycles. The first kappa shape index (κ1) is 24.8. The number of benzene rings is 3. The summed E-state index contributed by atoms with van der Waals surface area (Å²) < 4.78 is 0. The number of rotatable bonds is 10. The second kappa shape index (κ2) is 11.3. The normalized spacial score (nSPS) is 11.9. The molecule has 2 amide bonds. The number of carbonyl (C=O) groups is 3. The van der Waals surface area contributed by atoms with Crippen molar-refractivity contribution in [2.24, 2.45) is 5.92 Å². The van der Waals surface area contributed by atoms with Crippen LogP contribution in [0.4, 0.5) is 4.79 Å². The number of urea groups is 1. The van der Waals surface area contributed by atoms with Crippen molar-refractivity contribution in [3.05, 3.63) is 72.3 Å². The molecule has 0 saturated carbocycles. The summed E-state index contributed by atoms with van der Waals surface area (Å²) in [7, 11) is 0. The maximum atomic E-state index is 12.7. The Morgan fingerprint density at radius 2 is 1.53 bits per heavy atom. The lowest BCUT2D eigenvalue weighted by Crippen LogP contribution is -2.50. The Morgan fingerprint density at radius 3 is 2.15 bits per heavy atom. The highest BCUT2D eigenvalue weighted by Crippen LogP contribution is 2.25. The number of nitrogens with zero attached hydrogens (tertiary/aromatic N) is 1. The molecule has 0 aliphatic rings. The van der Waals surface area contributed by atoms with Gasteiger partial charge in [-0.1, -0.05) is 74.5 Å². The number of nitrogens with one attached hydrogen (secondary N) is 1. The maximum Gasteiger partial charge on any atom is 0.326 e. The van der Waals surface area contributed by atoms with Crippen molar-refractivity contribution < 1.29 is 24.6 Å². The fraction of sp³-hybridized carbons (Fsp3) is 0.296. The van der Waals surface area contributed by atoms with Crippen molar-refractivity contribution >= 4 is 28.7 Å². The highest BCUT2D eigenvalue weighted by molar-refractivity contribution is 5.87. The van der Waals surface area contributed by atoms with Gasteiger partial charge in [0.2, 0.25) is 0 Å². The van der Waals surface area contributed by atoms with E-state index in [0.29, 0.717) is 6.54 Å². The molecule has 34 heavy (non-hydrogen) atoms. The van der Waals surface area contributed by atoms with Gasteiger partial charge in [-0.25, -0.2) is 9.59 Å². The van der Waals surface area contributed by atoms with E-state index in [-0.39, 0.29) is 25.3 Å². The molecule has 0 spiro atoms. The molecule has 3 N–H and O–H groups in total. The molecule has 0 aliphatic heterocycles. The largest absolute Gasteiger partial charge is 0.481 e. The van der Waals surface area contributed by atoms with E-state index in [0.717, 1.165) is 27.5 Å². The van der Waals surface area contributed by atoms with Gasteiger partial charge in [0.25, 0.3) is 0 Å². The number of fused-ring (bicyclic) bond motifs is 1. The summed E-state index contributed by atoms with van der Waals surface area (Å²) in [6, 6.07) is 20.3. The van der Waals surface area contributed by atoms with E-state index < -0.39 is 24.0 Å². The van der Waals surface area contributed by atoms with Crippen LogP contribution in [0.3, 0.4) is 0 Å². The molecule has 7 nitrogen and oxygen atoms in total. The molecule has 0 aliphatic carbocycles. The lowest BCUT2D eigenvalue weighted by Gasteiger charge is -2.26. The number of aliphatic carboxylic acids is 2. The van der Waals surface area contributed by atoms with Crippen LogP contribution in [0.1, 0.15) is 25.8 Å². The van der Waals surface area contributed by atoms with E-state index in [4.69, 9.17) is 5.11 Å². The zero-order chi connectivity index (χ0) is 24.7. The van der Waals surface area contributed by atoms with Gasteiger partial charge >= 0.3 is 18.0 Å². The Hall–Kier alpha value is -3.87. The minimum Gasteiger partial charge on any atom is -0.481 e. The molecule has 3 rings (SSSR count). The Bertz CT molecular complexity index is 1160. The van der Waals surface area contributed by atoms with Gasteiger partial charge in [0.1, 0.15) is 6.04 Å². The third-order valence-corrected chi connectivity index (χ3v) is 5.54. The van der Waals surface area contributed by atoms with Gasteiger partial charge < -0.3 is 20.4 Å². The average Bonchev–Trinajstić information content (AvgIpc) is 2.81. The fourth-order valence-electron chi connectivity index (χ4n) is 3.83. The van der Waals surface area contributed by atoms with Gasteiger partial charge in [0, 0.05) is 19.5 Å². The molecular weight excluding hydrogens is 432 g/mol. The minimum absolute atomic E-state index is 0.0200. The zero-order valence-electron chi connectivity index (χ0n) is 19.4. The molecule has 0 unspecified atom stereocenters. The standard InChI is InChI=1S/C27H30N2O5/c1-18(2)17-29(14-13-25(30)31)27(34)28-24(26(32)33)15-19-7-9-21(10-8-19)23-12-11-20-5-3-4-6-22(20)16-23/h3-12,16,18,24H,13-15,17H2,1-2H3,(H,28,34)(H,30,31)(H,32,33)/t24-/m0/s1. The zero-order valence-corrected chi connectivity index (χ0v) is 19.4. The van der Waals surface area contributed by atoms with Crippen molar-refractivity contribution in [2.45, 2.75) is 32.7 Å². The third kappa shape index (κ3) is 6.81. The van der Waals surface area contributed by atoms with Crippen LogP contribution < -0.4 is 5.32 Å². The Morgan fingerprint density at radius 1 is 0.882 bits per heavy atom. The topological polar surface area (TPSA) is 107 Å². The number of carbonyl (C=O) groups excluding carboxylic acids is 1. The van der Waals surface area contributed by atoms with Gasteiger partial charge in [-0.15, -0.1) is 0 Å². The molecule has 0 saturated heterocycles. The van der Waals surface area contributed by atoms with Crippen molar-refractivity contribution in [1.29, 1.82) is 0 Å². The monoisotopic (exact) mass is 462 g/mol. The molecule has 0 radical (unpaired) electrons. The predicted octanol–water partition coefficient (Wildman–Crippen LogP) is 4.64. The van der Waals surface area contributed by atoms with Crippen LogP contribution in [0.15, 0.2) is 66.7 Å². The van der Waals surface area contributed by atoms with Crippen LogP contribution in [-0.2, 0) is 16.0 Å². The first-order chi connectivity index (χ1) is 16.2. The molecule has 0 bridgehead atoms. The second-order valence-electron chi connectivity index (χ2n) is 8.79. The molecular formula is C27H30N2O5. The molecule has 3 aromatic carbocycles. The summed E-state index contributed by atoms with van der Waals surface area (Å²) in [5.74, 6) is -2.04. The van der Waals surface area contributed by atoms with E-state index >= 15 is 0 Å². The summed E-state index contributed by atoms with van der Waals surface area (Å²) in [6.45, 7) is 4.18. The first-order valence-electron chi connectivity index (χ1n) is 11.3.